The van der Waals surface area contributed by atoms with Gasteiger partial charge in [0.25, 0.3) is 0 Å². The Bertz CT molecular complexity index is 320. The highest BCUT2D eigenvalue weighted by Gasteiger charge is 2.09. The number of rotatable bonds is 6. The molecule has 0 saturated carbocycles. The van der Waals surface area contributed by atoms with Gasteiger partial charge in [0.2, 0.25) is 0 Å². The molecule has 0 bridgehead atoms. The van der Waals surface area contributed by atoms with Crippen molar-refractivity contribution in [3.8, 4) is 0 Å². The maximum absolute atomic E-state index is 9.92. The lowest BCUT2D eigenvalue weighted by Crippen LogP contribution is -2.31. The smallest absolute Gasteiger partial charge is 0.0914 e. The average Bonchev–Trinajstić information content (AvgIpc) is 2.26. The molecule has 0 saturated heterocycles. The average molecular weight is 288 g/mol. The molecule has 16 heavy (non-hydrogen) atoms. The molecule has 0 radical (unpaired) electrons. The van der Waals surface area contributed by atoms with E-state index in [0.717, 1.165) is 10.0 Å². The van der Waals surface area contributed by atoms with Gasteiger partial charge in [-0.15, -0.1) is 0 Å². The molecule has 90 valence electrons. The fourth-order valence-electron chi connectivity index (χ4n) is 1.44. The number of nitrogens with one attached hydrogen (secondary N) is 1. The SMILES string of the molecule is CC(CCO)NCC(O)c1cccc(Br)c1. The van der Waals surface area contributed by atoms with E-state index >= 15 is 0 Å². The summed E-state index contributed by atoms with van der Waals surface area (Å²) in [5.74, 6) is 0. The van der Waals surface area contributed by atoms with Crippen molar-refractivity contribution in [2.24, 2.45) is 0 Å². The van der Waals surface area contributed by atoms with Crippen LogP contribution in [0.3, 0.4) is 0 Å². The zero-order valence-corrected chi connectivity index (χ0v) is 10.9. The second-order valence-electron chi connectivity index (χ2n) is 3.89. The molecule has 0 heterocycles. The molecule has 0 fully saturated rings. The Balaban J connectivity index is 2.43. The van der Waals surface area contributed by atoms with Crippen LogP contribution in [-0.4, -0.2) is 29.4 Å². The van der Waals surface area contributed by atoms with E-state index in [9.17, 15) is 5.11 Å². The molecular formula is C12H18BrNO2. The highest BCUT2D eigenvalue weighted by atomic mass is 79.9. The van der Waals surface area contributed by atoms with Crippen molar-refractivity contribution in [3.63, 3.8) is 0 Å². The van der Waals surface area contributed by atoms with Gasteiger partial charge in [0, 0.05) is 23.7 Å². The lowest BCUT2D eigenvalue weighted by molar-refractivity contribution is 0.167. The van der Waals surface area contributed by atoms with Crippen LogP contribution >= 0.6 is 15.9 Å². The van der Waals surface area contributed by atoms with Crippen molar-refractivity contribution in [1.29, 1.82) is 0 Å². The van der Waals surface area contributed by atoms with Crippen molar-refractivity contribution in [1.82, 2.24) is 5.32 Å². The summed E-state index contributed by atoms with van der Waals surface area (Å²) in [7, 11) is 0. The molecular weight excluding hydrogens is 270 g/mol. The van der Waals surface area contributed by atoms with Gasteiger partial charge in [-0.25, -0.2) is 0 Å². The van der Waals surface area contributed by atoms with E-state index < -0.39 is 6.10 Å². The van der Waals surface area contributed by atoms with Crippen molar-refractivity contribution in [3.05, 3.63) is 34.3 Å². The largest absolute Gasteiger partial charge is 0.396 e. The van der Waals surface area contributed by atoms with Gasteiger partial charge in [0.05, 0.1) is 6.10 Å². The van der Waals surface area contributed by atoms with Gasteiger partial charge in [-0.2, -0.15) is 0 Å². The summed E-state index contributed by atoms with van der Waals surface area (Å²) in [6.07, 6.45) is 0.184. The Morgan fingerprint density at radius 2 is 2.19 bits per heavy atom. The molecule has 0 aliphatic rings. The Hall–Kier alpha value is -0.420. The summed E-state index contributed by atoms with van der Waals surface area (Å²) < 4.78 is 0.965. The molecule has 3 N–H and O–H groups in total. The van der Waals surface area contributed by atoms with E-state index in [1.165, 1.54) is 0 Å². The van der Waals surface area contributed by atoms with Crippen LogP contribution in [0, 0.1) is 0 Å². The number of halogens is 1. The van der Waals surface area contributed by atoms with Gasteiger partial charge in [-0.3, -0.25) is 0 Å². The van der Waals surface area contributed by atoms with Crippen LogP contribution in [-0.2, 0) is 0 Å². The fourth-order valence-corrected chi connectivity index (χ4v) is 1.86. The highest BCUT2D eigenvalue weighted by molar-refractivity contribution is 9.10. The highest BCUT2D eigenvalue weighted by Crippen LogP contribution is 2.17. The number of hydrogen-bond acceptors (Lipinski definition) is 3. The Morgan fingerprint density at radius 3 is 2.81 bits per heavy atom. The number of hydrogen-bond donors (Lipinski definition) is 3. The molecule has 2 atom stereocenters. The van der Waals surface area contributed by atoms with E-state index in [1.807, 2.05) is 31.2 Å². The summed E-state index contributed by atoms with van der Waals surface area (Å²) in [4.78, 5) is 0. The van der Waals surface area contributed by atoms with Gasteiger partial charge in [-0.1, -0.05) is 28.1 Å². The second-order valence-corrected chi connectivity index (χ2v) is 4.81. The van der Waals surface area contributed by atoms with Crippen LogP contribution < -0.4 is 5.32 Å². The van der Waals surface area contributed by atoms with Crippen molar-refractivity contribution >= 4 is 15.9 Å². The molecule has 1 aromatic rings. The van der Waals surface area contributed by atoms with Gasteiger partial charge >= 0.3 is 0 Å². The number of aliphatic hydroxyl groups excluding tert-OH is 2. The molecule has 0 aliphatic heterocycles. The molecule has 0 aliphatic carbocycles. The third kappa shape index (κ3) is 4.61. The molecule has 0 spiro atoms. The van der Waals surface area contributed by atoms with Crippen LogP contribution in [0.5, 0.6) is 0 Å². The molecule has 1 rings (SSSR count). The van der Waals surface area contributed by atoms with E-state index in [1.54, 1.807) is 0 Å². The zero-order chi connectivity index (χ0) is 12.0. The quantitative estimate of drug-likeness (QED) is 0.748. The topological polar surface area (TPSA) is 52.5 Å². The van der Waals surface area contributed by atoms with Crippen molar-refractivity contribution < 1.29 is 10.2 Å². The normalized spacial score (nSPS) is 14.8. The Labute approximate surface area is 105 Å². The van der Waals surface area contributed by atoms with E-state index in [-0.39, 0.29) is 12.6 Å². The number of benzene rings is 1. The van der Waals surface area contributed by atoms with Crippen molar-refractivity contribution in [2.75, 3.05) is 13.2 Å². The lowest BCUT2D eigenvalue weighted by atomic mass is 10.1. The predicted octanol–water partition coefficient (Wildman–Crippen LogP) is 1.84. The van der Waals surface area contributed by atoms with Crippen LogP contribution in [0.1, 0.15) is 25.0 Å². The minimum Gasteiger partial charge on any atom is -0.396 e. The van der Waals surface area contributed by atoms with Crippen molar-refractivity contribution in [2.45, 2.75) is 25.5 Å². The van der Waals surface area contributed by atoms with E-state index in [4.69, 9.17) is 5.11 Å². The lowest BCUT2D eigenvalue weighted by Gasteiger charge is -2.16. The molecule has 3 nitrogen and oxygen atoms in total. The molecule has 0 amide bonds. The van der Waals surface area contributed by atoms with Gasteiger partial charge < -0.3 is 15.5 Å². The fraction of sp³-hybridized carbons (Fsp3) is 0.500. The molecule has 1 aromatic carbocycles. The summed E-state index contributed by atoms with van der Waals surface area (Å²) in [6, 6.07) is 7.85. The van der Waals surface area contributed by atoms with Gasteiger partial charge in [-0.05, 0) is 31.0 Å². The summed E-state index contributed by atoms with van der Waals surface area (Å²) >= 11 is 3.37. The first-order valence-electron chi connectivity index (χ1n) is 5.41. The van der Waals surface area contributed by atoms with E-state index in [0.29, 0.717) is 13.0 Å². The van der Waals surface area contributed by atoms with Crippen LogP contribution in [0.2, 0.25) is 0 Å². The first kappa shape index (κ1) is 13.6. The maximum atomic E-state index is 9.92. The third-order valence-electron chi connectivity index (χ3n) is 2.46. The summed E-state index contributed by atoms with van der Waals surface area (Å²) in [5, 5.41) is 21.8. The third-order valence-corrected chi connectivity index (χ3v) is 2.95. The minimum absolute atomic E-state index is 0.168. The predicted molar refractivity (Wildman–Crippen MR) is 68.3 cm³/mol. The summed E-state index contributed by atoms with van der Waals surface area (Å²) in [5.41, 5.74) is 0.887. The van der Waals surface area contributed by atoms with Crippen LogP contribution in [0.15, 0.2) is 28.7 Å². The maximum Gasteiger partial charge on any atom is 0.0914 e. The molecule has 0 aromatic heterocycles. The Kier molecular flexibility index (Phi) is 5.98. The standard InChI is InChI=1S/C12H18BrNO2/c1-9(5-6-15)14-8-12(16)10-3-2-4-11(13)7-10/h2-4,7,9,12,14-16H,5-6,8H2,1H3. The van der Waals surface area contributed by atoms with E-state index in [2.05, 4.69) is 21.2 Å². The van der Waals surface area contributed by atoms with Gasteiger partial charge in [0.15, 0.2) is 0 Å². The minimum atomic E-state index is -0.515. The zero-order valence-electron chi connectivity index (χ0n) is 9.36. The monoisotopic (exact) mass is 287 g/mol. The Morgan fingerprint density at radius 1 is 1.44 bits per heavy atom. The first-order valence-corrected chi connectivity index (χ1v) is 6.20. The number of aliphatic hydroxyl groups is 2. The second kappa shape index (κ2) is 7.01. The molecule has 2 unspecified atom stereocenters. The van der Waals surface area contributed by atoms with Crippen LogP contribution in [0.4, 0.5) is 0 Å². The first-order chi connectivity index (χ1) is 7.63. The van der Waals surface area contributed by atoms with Gasteiger partial charge in [0.1, 0.15) is 0 Å². The molecule has 4 heteroatoms. The van der Waals surface area contributed by atoms with Crippen LogP contribution in [0.25, 0.3) is 0 Å². The summed E-state index contributed by atoms with van der Waals surface area (Å²) in [6.45, 7) is 2.66.